The number of hydrogen-bond donors (Lipinski definition) is 1. The molecule has 0 spiro atoms. The molecule has 0 saturated carbocycles. The number of carbonyl (C=O) groups excluding carboxylic acids is 1. The average Bonchev–Trinajstić information content (AvgIpc) is 2.65. The van der Waals surface area contributed by atoms with Gasteiger partial charge in [-0.25, -0.2) is 0 Å². The number of ether oxygens (including phenoxy) is 2. The summed E-state index contributed by atoms with van der Waals surface area (Å²) in [4.78, 5) is 25.5. The van der Waals surface area contributed by atoms with Crippen molar-refractivity contribution in [2.45, 2.75) is 32.2 Å². The van der Waals surface area contributed by atoms with Gasteiger partial charge in [0.25, 0.3) is 0 Å². The summed E-state index contributed by atoms with van der Waals surface area (Å²) >= 11 is 5.40. The fourth-order valence-electron chi connectivity index (χ4n) is 3.54. The van der Waals surface area contributed by atoms with Crippen molar-refractivity contribution in [2.24, 2.45) is 0 Å². The lowest BCUT2D eigenvalue weighted by molar-refractivity contribution is -0.386. The minimum Gasteiger partial charge on any atom is -0.493 e. The number of Topliss-reactive ketones (excluding diaryl/α,β-unsaturated/α-hetero) is 1. The number of nitrogens with zero attached hydrogens (tertiary/aromatic N) is 2. The van der Waals surface area contributed by atoms with Gasteiger partial charge in [-0.15, -0.1) is 0 Å². The van der Waals surface area contributed by atoms with Crippen molar-refractivity contribution in [1.29, 1.82) is 0 Å². The summed E-state index contributed by atoms with van der Waals surface area (Å²) in [7, 11) is 3.25. The zero-order chi connectivity index (χ0) is 19.7. The van der Waals surface area contributed by atoms with E-state index in [4.69, 9.17) is 21.7 Å². The smallest absolute Gasteiger partial charge is 0.315 e. The molecule has 8 nitrogen and oxygen atoms in total. The molecule has 0 radical (unpaired) electrons. The van der Waals surface area contributed by atoms with Gasteiger partial charge in [-0.3, -0.25) is 14.9 Å². The van der Waals surface area contributed by atoms with E-state index in [0.29, 0.717) is 22.7 Å². The molecule has 3 rings (SSSR count). The third-order valence-electron chi connectivity index (χ3n) is 4.79. The Morgan fingerprint density at radius 2 is 2.15 bits per heavy atom. The molecule has 0 amide bonds. The topological polar surface area (TPSA) is 93.9 Å². The van der Waals surface area contributed by atoms with Crippen molar-refractivity contribution < 1.29 is 19.2 Å². The van der Waals surface area contributed by atoms with Crippen molar-refractivity contribution in [2.75, 3.05) is 20.8 Å². The number of allylic oxidation sites excluding steroid dienone is 1. The summed E-state index contributed by atoms with van der Waals surface area (Å²) < 4.78 is 10.8. The third kappa shape index (κ3) is 3.34. The highest BCUT2D eigenvalue weighted by molar-refractivity contribution is 7.80. The molecule has 1 N–H and O–H groups in total. The monoisotopic (exact) mass is 391 g/mol. The molecule has 1 unspecified atom stereocenters. The average molecular weight is 391 g/mol. The third-order valence-corrected chi connectivity index (χ3v) is 5.18. The summed E-state index contributed by atoms with van der Waals surface area (Å²) in [6.45, 7) is 2.01. The van der Waals surface area contributed by atoms with Crippen LogP contribution in [0.5, 0.6) is 11.5 Å². The number of hydrogen-bond acceptors (Lipinski definition) is 6. The van der Waals surface area contributed by atoms with E-state index >= 15 is 0 Å². The van der Waals surface area contributed by atoms with E-state index < -0.39 is 11.0 Å². The maximum atomic E-state index is 12.6. The van der Waals surface area contributed by atoms with Crippen LogP contribution >= 0.6 is 12.2 Å². The van der Waals surface area contributed by atoms with E-state index in [2.05, 4.69) is 5.32 Å². The lowest BCUT2D eigenvalue weighted by Gasteiger charge is -2.39. The van der Waals surface area contributed by atoms with E-state index in [9.17, 15) is 14.9 Å². The van der Waals surface area contributed by atoms with Gasteiger partial charge in [-0.1, -0.05) is 0 Å². The van der Waals surface area contributed by atoms with Gasteiger partial charge < -0.3 is 19.7 Å². The van der Waals surface area contributed by atoms with Crippen LogP contribution in [0.1, 0.15) is 37.8 Å². The van der Waals surface area contributed by atoms with Crippen molar-refractivity contribution in [1.82, 2.24) is 10.2 Å². The normalized spacial score (nSPS) is 19.5. The van der Waals surface area contributed by atoms with Gasteiger partial charge in [0, 0.05) is 30.8 Å². The predicted molar refractivity (Wildman–Crippen MR) is 103 cm³/mol. The quantitative estimate of drug-likeness (QED) is 0.465. The molecular weight excluding hydrogens is 370 g/mol. The Labute approximate surface area is 162 Å². The lowest BCUT2D eigenvalue weighted by atomic mass is 9.84. The van der Waals surface area contributed by atoms with E-state index in [0.717, 1.165) is 18.5 Å². The molecule has 1 aromatic carbocycles. The molecule has 1 aliphatic carbocycles. The standard InChI is InChI=1S/C18H21N3O5S/c1-4-26-17-12(21(23)24)8-10(9-14(17)25-3)16-15-11(6-5-7-13(15)22)20(2)18(27)19-16/h8-9,16H,4-7H2,1-3H3,(H,19,27). The van der Waals surface area contributed by atoms with E-state index in [-0.39, 0.29) is 29.6 Å². The van der Waals surface area contributed by atoms with Crippen molar-refractivity contribution >= 4 is 28.8 Å². The Morgan fingerprint density at radius 1 is 1.41 bits per heavy atom. The van der Waals surface area contributed by atoms with Crippen molar-refractivity contribution in [3.05, 3.63) is 39.1 Å². The number of nitro groups is 1. The molecule has 0 saturated heterocycles. The van der Waals surface area contributed by atoms with Crippen molar-refractivity contribution in [3.63, 3.8) is 0 Å². The second-order valence-electron chi connectivity index (χ2n) is 6.34. The Hall–Kier alpha value is -2.68. The molecule has 9 heteroatoms. The minimum atomic E-state index is -0.556. The molecule has 2 aliphatic rings. The lowest BCUT2D eigenvalue weighted by Crippen LogP contribution is -2.47. The van der Waals surface area contributed by atoms with Crippen LogP contribution in [-0.2, 0) is 4.79 Å². The summed E-state index contributed by atoms with van der Waals surface area (Å²) in [6.07, 6.45) is 1.96. The van der Waals surface area contributed by atoms with Gasteiger partial charge in [0.15, 0.2) is 16.6 Å². The Balaban J connectivity index is 2.18. The van der Waals surface area contributed by atoms with Crippen LogP contribution in [0, 0.1) is 10.1 Å². The largest absolute Gasteiger partial charge is 0.493 e. The number of methoxy groups -OCH3 is 1. The van der Waals surface area contributed by atoms with Crippen LogP contribution in [0.3, 0.4) is 0 Å². The first kappa shape index (κ1) is 19.1. The van der Waals surface area contributed by atoms with Gasteiger partial charge in [-0.2, -0.15) is 0 Å². The van der Waals surface area contributed by atoms with Gasteiger partial charge in [0.2, 0.25) is 5.75 Å². The highest BCUT2D eigenvalue weighted by atomic mass is 32.1. The highest BCUT2D eigenvalue weighted by Crippen LogP contribution is 2.43. The molecule has 1 heterocycles. The first-order valence-corrected chi connectivity index (χ1v) is 9.09. The zero-order valence-electron chi connectivity index (χ0n) is 15.4. The number of benzene rings is 1. The number of carbonyl (C=O) groups is 1. The summed E-state index contributed by atoms with van der Waals surface area (Å²) in [5, 5.41) is 15.2. The second kappa shape index (κ2) is 7.51. The zero-order valence-corrected chi connectivity index (χ0v) is 16.2. The van der Waals surface area contributed by atoms with Gasteiger partial charge in [0.1, 0.15) is 0 Å². The van der Waals surface area contributed by atoms with Crippen LogP contribution < -0.4 is 14.8 Å². The van der Waals surface area contributed by atoms with Gasteiger partial charge in [0.05, 0.1) is 24.7 Å². The maximum absolute atomic E-state index is 12.6. The molecule has 1 atom stereocenters. The van der Waals surface area contributed by atoms with Crippen molar-refractivity contribution in [3.8, 4) is 11.5 Å². The van der Waals surface area contributed by atoms with Gasteiger partial charge in [-0.05, 0) is 43.6 Å². The fourth-order valence-corrected chi connectivity index (χ4v) is 3.77. The summed E-state index contributed by atoms with van der Waals surface area (Å²) in [5.41, 5.74) is 1.82. The number of ketones is 1. The second-order valence-corrected chi connectivity index (χ2v) is 6.73. The number of nitrogens with one attached hydrogen (secondary N) is 1. The molecular formula is C18H21N3O5S. The first-order valence-electron chi connectivity index (χ1n) is 8.68. The van der Waals surface area contributed by atoms with Crippen LogP contribution in [0.15, 0.2) is 23.4 Å². The van der Waals surface area contributed by atoms with Crippen LogP contribution in [-0.4, -0.2) is 41.5 Å². The molecule has 27 heavy (non-hydrogen) atoms. The molecule has 0 aromatic heterocycles. The van der Waals surface area contributed by atoms with Crippen LogP contribution in [0.4, 0.5) is 5.69 Å². The summed E-state index contributed by atoms with van der Waals surface area (Å²) in [6, 6.07) is 2.53. The Kier molecular flexibility index (Phi) is 5.31. The predicted octanol–water partition coefficient (Wildman–Crippen LogP) is 2.87. The number of rotatable bonds is 5. The van der Waals surface area contributed by atoms with E-state index in [1.165, 1.54) is 13.2 Å². The molecule has 1 aromatic rings. The SMILES string of the molecule is CCOc1c(OC)cc(C2NC(=S)N(C)C3=C2C(=O)CCC3)cc1[N+](=O)[O-]. The van der Waals surface area contributed by atoms with Crippen LogP contribution in [0.25, 0.3) is 0 Å². The Bertz CT molecular complexity index is 852. The Morgan fingerprint density at radius 3 is 2.78 bits per heavy atom. The molecule has 0 bridgehead atoms. The molecule has 1 aliphatic heterocycles. The molecule has 144 valence electrons. The first-order chi connectivity index (χ1) is 12.9. The highest BCUT2D eigenvalue weighted by Gasteiger charge is 2.37. The summed E-state index contributed by atoms with van der Waals surface area (Å²) in [5.74, 6) is 0.352. The van der Waals surface area contributed by atoms with Crippen LogP contribution in [0.2, 0.25) is 0 Å². The van der Waals surface area contributed by atoms with Gasteiger partial charge >= 0.3 is 5.69 Å². The van der Waals surface area contributed by atoms with E-state index in [1.807, 2.05) is 7.05 Å². The number of nitro benzene ring substituents is 1. The maximum Gasteiger partial charge on any atom is 0.315 e. The number of thiocarbonyl (C=S) groups is 1. The van der Waals surface area contributed by atoms with E-state index in [1.54, 1.807) is 17.9 Å². The fraction of sp³-hybridized carbons (Fsp3) is 0.444. The minimum absolute atomic E-state index is 0.0265. The molecule has 0 fully saturated rings.